The van der Waals surface area contributed by atoms with Crippen molar-refractivity contribution in [3.05, 3.63) is 77.7 Å². The summed E-state index contributed by atoms with van der Waals surface area (Å²) in [5.41, 5.74) is 3.48. The smallest absolute Gasteiger partial charge is 0.255 e. The Balaban J connectivity index is 1.36. The van der Waals surface area contributed by atoms with Crippen molar-refractivity contribution in [2.45, 2.75) is 25.4 Å². The maximum absolute atomic E-state index is 13.0. The average Bonchev–Trinajstić information content (AvgIpc) is 3.62. The van der Waals surface area contributed by atoms with Gasteiger partial charge in [0.05, 0.1) is 14.2 Å². The molecule has 0 radical (unpaired) electrons. The number of ether oxygens (including phenoxy) is 3. The van der Waals surface area contributed by atoms with Gasteiger partial charge in [-0.3, -0.25) is 4.79 Å². The highest BCUT2D eigenvalue weighted by molar-refractivity contribution is 6.05. The lowest BCUT2D eigenvalue weighted by molar-refractivity contribution is 0.102. The molecule has 1 aliphatic rings. The number of hydrogen-bond donors (Lipinski definition) is 1. The number of methoxy groups -OCH3 is 2. The summed E-state index contributed by atoms with van der Waals surface area (Å²) in [6, 6.07) is 18.5. The standard InChI is InChI=1S/C26H24N2O5/c1-30-22-12-18(13-23(31-2)24(22)32-15-16-6-4-3-5-7-16)25(29)27-19-10-11-21-20(14-19)28-26(33-21)17-8-9-17/h3-7,10-14,17H,8-9,15H2,1-2H3,(H,27,29). The van der Waals surface area contributed by atoms with Crippen molar-refractivity contribution in [1.82, 2.24) is 4.98 Å². The van der Waals surface area contributed by atoms with Crippen LogP contribution in [0.4, 0.5) is 5.69 Å². The molecule has 1 N–H and O–H groups in total. The van der Waals surface area contributed by atoms with Crippen molar-refractivity contribution in [1.29, 1.82) is 0 Å². The minimum Gasteiger partial charge on any atom is -0.493 e. The topological polar surface area (TPSA) is 82.8 Å². The van der Waals surface area contributed by atoms with Gasteiger partial charge in [0.15, 0.2) is 23.0 Å². The summed E-state index contributed by atoms with van der Waals surface area (Å²) in [5, 5.41) is 2.91. The fourth-order valence-electron chi connectivity index (χ4n) is 3.61. The van der Waals surface area contributed by atoms with Crippen molar-refractivity contribution < 1.29 is 23.4 Å². The molecule has 1 saturated carbocycles. The molecule has 0 spiro atoms. The minimum absolute atomic E-state index is 0.300. The van der Waals surface area contributed by atoms with Crippen LogP contribution in [0.1, 0.15) is 40.6 Å². The van der Waals surface area contributed by atoms with E-state index in [-0.39, 0.29) is 5.91 Å². The molecule has 0 bridgehead atoms. The van der Waals surface area contributed by atoms with Gasteiger partial charge < -0.3 is 23.9 Å². The number of anilines is 1. The van der Waals surface area contributed by atoms with Crippen LogP contribution in [0.3, 0.4) is 0 Å². The van der Waals surface area contributed by atoms with Crippen LogP contribution >= 0.6 is 0 Å². The van der Waals surface area contributed by atoms with Gasteiger partial charge in [-0.15, -0.1) is 0 Å². The third kappa shape index (κ3) is 4.48. The Morgan fingerprint density at radius 1 is 1.03 bits per heavy atom. The third-order valence-corrected chi connectivity index (χ3v) is 5.54. The zero-order valence-electron chi connectivity index (χ0n) is 18.5. The second-order valence-corrected chi connectivity index (χ2v) is 7.95. The van der Waals surface area contributed by atoms with Crippen LogP contribution in [0.2, 0.25) is 0 Å². The van der Waals surface area contributed by atoms with Crippen LogP contribution in [-0.4, -0.2) is 25.1 Å². The van der Waals surface area contributed by atoms with E-state index in [1.165, 1.54) is 14.2 Å². The molecule has 168 valence electrons. The van der Waals surface area contributed by atoms with Gasteiger partial charge in [-0.1, -0.05) is 30.3 Å². The van der Waals surface area contributed by atoms with E-state index in [1.807, 2.05) is 42.5 Å². The Kier molecular flexibility index (Phi) is 5.60. The molecule has 7 nitrogen and oxygen atoms in total. The highest BCUT2D eigenvalue weighted by Gasteiger charge is 2.29. The molecule has 0 saturated heterocycles. The van der Waals surface area contributed by atoms with Crippen LogP contribution in [0.5, 0.6) is 17.2 Å². The van der Waals surface area contributed by atoms with Crippen LogP contribution < -0.4 is 19.5 Å². The molecule has 7 heteroatoms. The molecule has 0 unspecified atom stereocenters. The summed E-state index contributed by atoms with van der Waals surface area (Å²) >= 11 is 0. The van der Waals surface area contributed by atoms with Crippen LogP contribution in [0, 0.1) is 0 Å². The van der Waals surface area contributed by atoms with Crippen molar-refractivity contribution in [3.63, 3.8) is 0 Å². The number of carbonyl (C=O) groups is 1. The van der Waals surface area contributed by atoms with Crippen molar-refractivity contribution in [2.75, 3.05) is 19.5 Å². The number of carbonyl (C=O) groups excluding carboxylic acids is 1. The van der Waals surface area contributed by atoms with E-state index in [0.717, 1.165) is 35.4 Å². The third-order valence-electron chi connectivity index (χ3n) is 5.54. The maximum atomic E-state index is 13.0. The molecule has 1 aliphatic carbocycles. The maximum Gasteiger partial charge on any atom is 0.255 e. The first-order chi connectivity index (χ1) is 16.1. The normalized spacial score (nSPS) is 13.0. The monoisotopic (exact) mass is 444 g/mol. The number of nitrogens with zero attached hydrogens (tertiary/aromatic N) is 1. The van der Waals surface area contributed by atoms with Gasteiger partial charge in [0, 0.05) is 17.2 Å². The average molecular weight is 444 g/mol. The first-order valence-corrected chi connectivity index (χ1v) is 10.8. The SMILES string of the molecule is COc1cc(C(=O)Nc2ccc3oc(C4CC4)nc3c2)cc(OC)c1OCc1ccccc1. The van der Waals surface area contributed by atoms with E-state index in [2.05, 4.69) is 10.3 Å². The Bertz CT molecular complexity index is 1270. The van der Waals surface area contributed by atoms with E-state index >= 15 is 0 Å². The molecule has 0 aliphatic heterocycles. The molecule has 1 fully saturated rings. The molecule has 1 amide bonds. The van der Waals surface area contributed by atoms with E-state index in [0.29, 0.717) is 41.0 Å². The lowest BCUT2D eigenvalue weighted by Crippen LogP contribution is -2.12. The molecule has 0 atom stereocenters. The van der Waals surface area contributed by atoms with Crippen LogP contribution in [-0.2, 0) is 6.61 Å². The fourth-order valence-corrected chi connectivity index (χ4v) is 3.61. The molecule has 1 aromatic heterocycles. The summed E-state index contributed by atoms with van der Waals surface area (Å²) in [5.74, 6) is 2.17. The summed E-state index contributed by atoms with van der Waals surface area (Å²) in [6.07, 6.45) is 2.23. The molecule has 3 aromatic carbocycles. The molecule has 1 heterocycles. The van der Waals surface area contributed by atoms with Gasteiger partial charge in [-0.25, -0.2) is 4.98 Å². The quantitative estimate of drug-likeness (QED) is 0.383. The summed E-state index contributed by atoms with van der Waals surface area (Å²) in [4.78, 5) is 17.5. The lowest BCUT2D eigenvalue weighted by atomic mass is 10.1. The zero-order valence-corrected chi connectivity index (χ0v) is 18.5. The van der Waals surface area contributed by atoms with E-state index < -0.39 is 0 Å². The van der Waals surface area contributed by atoms with Gasteiger partial charge in [0.1, 0.15) is 12.1 Å². The van der Waals surface area contributed by atoms with Crippen LogP contribution in [0.15, 0.2) is 65.1 Å². The number of oxazole rings is 1. The Morgan fingerprint density at radius 2 is 1.76 bits per heavy atom. The van der Waals surface area contributed by atoms with E-state index in [1.54, 1.807) is 18.2 Å². The molecular weight excluding hydrogens is 420 g/mol. The number of benzene rings is 3. The predicted molar refractivity (Wildman–Crippen MR) is 124 cm³/mol. The van der Waals surface area contributed by atoms with E-state index in [4.69, 9.17) is 18.6 Å². The highest BCUT2D eigenvalue weighted by Crippen LogP contribution is 2.41. The highest BCUT2D eigenvalue weighted by atomic mass is 16.5. The molecule has 4 aromatic rings. The summed E-state index contributed by atoms with van der Waals surface area (Å²) in [6.45, 7) is 0.347. The zero-order chi connectivity index (χ0) is 22.8. The van der Waals surface area contributed by atoms with Gasteiger partial charge in [-0.05, 0) is 48.7 Å². The first-order valence-electron chi connectivity index (χ1n) is 10.8. The minimum atomic E-state index is -0.300. The number of hydrogen-bond acceptors (Lipinski definition) is 6. The van der Waals surface area contributed by atoms with Gasteiger partial charge >= 0.3 is 0 Å². The van der Waals surface area contributed by atoms with E-state index in [9.17, 15) is 4.79 Å². The van der Waals surface area contributed by atoms with Crippen molar-refractivity contribution in [2.24, 2.45) is 0 Å². The summed E-state index contributed by atoms with van der Waals surface area (Å²) in [7, 11) is 3.06. The van der Waals surface area contributed by atoms with Gasteiger partial charge in [0.2, 0.25) is 5.75 Å². The van der Waals surface area contributed by atoms with Crippen molar-refractivity contribution in [3.8, 4) is 17.2 Å². The number of aromatic nitrogens is 1. The lowest BCUT2D eigenvalue weighted by Gasteiger charge is -2.16. The molecular formula is C26H24N2O5. The second-order valence-electron chi connectivity index (χ2n) is 7.95. The second kappa shape index (κ2) is 8.86. The number of fused-ring (bicyclic) bond motifs is 1. The largest absolute Gasteiger partial charge is 0.493 e. The van der Waals surface area contributed by atoms with Gasteiger partial charge in [0.25, 0.3) is 5.91 Å². The fraction of sp³-hybridized carbons (Fsp3) is 0.231. The first kappa shape index (κ1) is 20.9. The number of amides is 1. The summed E-state index contributed by atoms with van der Waals surface area (Å²) < 4.78 is 22.8. The number of rotatable bonds is 8. The van der Waals surface area contributed by atoms with Crippen LogP contribution in [0.25, 0.3) is 11.1 Å². The predicted octanol–water partition coefficient (Wildman–Crippen LogP) is 5.55. The Hall–Kier alpha value is -4.00. The van der Waals surface area contributed by atoms with Crippen molar-refractivity contribution >= 4 is 22.7 Å². The molecule has 5 rings (SSSR count). The van der Waals surface area contributed by atoms with Gasteiger partial charge in [-0.2, -0.15) is 0 Å². The molecule has 33 heavy (non-hydrogen) atoms. The Labute approximate surface area is 191 Å². The Morgan fingerprint density at radius 3 is 2.42 bits per heavy atom. The number of nitrogens with one attached hydrogen (secondary N) is 1.